The van der Waals surface area contributed by atoms with E-state index in [2.05, 4.69) is 10.1 Å². The molecular weight excluding hydrogens is 280 g/mol. The number of esters is 1. The van der Waals surface area contributed by atoms with Crippen LogP contribution in [0.3, 0.4) is 0 Å². The zero-order valence-corrected chi connectivity index (χ0v) is 12.9. The molecule has 0 radical (unpaired) electrons. The molecule has 0 saturated carbocycles. The molecule has 0 fully saturated rings. The van der Waals surface area contributed by atoms with E-state index in [0.717, 1.165) is 0 Å². The van der Waals surface area contributed by atoms with Crippen molar-refractivity contribution in [3.63, 3.8) is 0 Å². The zero-order chi connectivity index (χ0) is 14.6. The molecule has 0 spiro atoms. The normalized spacial score (nSPS) is 12.1. The number of nitrogens with two attached hydrogens (primary N) is 1. The van der Waals surface area contributed by atoms with Crippen LogP contribution in [-0.4, -0.2) is 25.0 Å². The maximum absolute atomic E-state index is 11.9. The van der Waals surface area contributed by atoms with Crippen molar-refractivity contribution in [1.29, 1.82) is 0 Å². The minimum Gasteiger partial charge on any atom is -0.465 e. The Hall–Kier alpha value is -1.59. The molecule has 1 atom stereocenters. The number of carbonyl (C=O) groups is 2. The third kappa shape index (κ3) is 4.83. The van der Waals surface area contributed by atoms with Crippen LogP contribution in [0.5, 0.6) is 0 Å². The van der Waals surface area contributed by atoms with Crippen LogP contribution >= 0.6 is 12.4 Å². The van der Waals surface area contributed by atoms with Gasteiger partial charge in [-0.1, -0.05) is 20.8 Å². The summed E-state index contributed by atoms with van der Waals surface area (Å²) in [6.07, 6.45) is 0. The number of anilines is 1. The molecular formula is C14H21ClN2O3. The SMILES string of the molecule is COC(=O)c1ccc(NC(=O)[C@@H](N)C(C)(C)C)cc1.Cl. The van der Waals surface area contributed by atoms with Crippen molar-refractivity contribution in [2.45, 2.75) is 26.8 Å². The number of methoxy groups -OCH3 is 1. The van der Waals surface area contributed by atoms with E-state index in [1.54, 1.807) is 24.3 Å². The molecule has 5 nitrogen and oxygen atoms in total. The summed E-state index contributed by atoms with van der Waals surface area (Å²) in [5, 5.41) is 2.72. The Kier molecular flexibility index (Phi) is 6.68. The molecule has 0 saturated heterocycles. The fraction of sp³-hybridized carbons (Fsp3) is 0.429. The molecule has 0 aromatic heterocycles. The van der Waals surface area contributed by atoms with Crippen LogP contribution in [0.25, 0.3) is 0 Å². The predicted molar refractivity (Wildman–Crippen MR) is 81.1 cm³/mol. The van der Waals surface area contributed by atoms with E-state index < -0.39 is 12.0 Å². The van der Waals surface area contributed by atoms with Crippen molar-refractivity contribution in [2.24, 2.45) is 11.1 Å². The maximum Gasteiger partial charge on any atom is 0.337 e. The maximum atomic E-state index is 11.9. The summed E-state index contributed by atoms with van der Waals surface area (Å²) in [5.74, 6) is -0.664. The third-order valence-corrected chi connectivity index (χ3v) is 2.79. The average molecular weight is 301 g/mol. The highest BCUT2D eigenvalue weighted by Crippen LogP contribution is 2.19. The van der Waals surface area contributed by atoms with Gasteiger partial charge in [-0.25, -0.2) is 4.79 Å². The number of nitrogens with one attached hydrogen (secondary N) is 1. The van der Waals surface area contributed by atoms with Crippen LogP contribution in [0.1, 0.15) is 31.1 Å². The number of rotatable bonds is 3. The lowest BCUT2D eigenvalue weighted by atomic mass is 9.87. The van der Waals surface area contributed by atoms with E-state index in [4.69, 9.17) is 5.73 Å². The molecule has 0 aliphatic heterocycles. The number of benzene rings is 1. The third-order valence-electron chi connectivity index (χ3n) is 2.79. The first-order valence-corrected chi connectivity index (χ1v) is 6.00. The van der Waals surface area contributed by atoms with Gasteiger partial charge >= 0.3 is 5.97 Å². The number of hydrogen-bond acceptors (Lipinski definition) is 4. The van der Waals surface area contributed by atoms with Crippen LogP contribution in [-0.2, 0) is 9.53 Å². The van der Waals surface area contributed by atoms with Crippen molar-refractivity contribution in [3.05, 3.63) is 29.8 Å². The summed E-state index contributed by atoms with van der Waals surface area (Å²) in [6, 6.07) is 5.85. The minimum atomic E-state index is -0.604. The number of amides is 1. The fourth-order valence-electron chi connectivity index (χ4n) is 1.42. The molecule has 20 heavy (non-hydrogen) atoms. The van der Waals surface area contributed by atoms with Gasteiger partial charge in [0.05, 0.1) is 18.7 Å². The van der Waals surface area contributed by atoms with Crippen molar-refractivity contribution in [1.82, 2.24) is 0 Å². The van der Waals surface area contributed by atoms with Gasteiger partial charge in [0.1, 0.15) is 0 Å². The van der Waals surface area contributed by atoms with Crippen LogP contribution in [0.4, 0.5) is 5.69 Å². The molecule has 0 aliphatic rings. The fourth-order valence-corrected chi connectivity index (χ4v) is 1.42. The second-order valence-electron chi connectivity index (χ2n) is 5.40. The van der Waals surface area contributed by atoms with Crippen LogP contribution in [0, 0.1) is 5.41 Å². The second-order valence-corrected chi connectivity index (χ2v) is 5.40. The van der Waals surface area contributed by atoms with Gasteiger partial charge in [0.15, 0.2) is 0 Å². The molecule has 3 N–H and O–H groups in total. The Labute approximate surface area is 125 Å². The Morgan fingerprint density at radius 3 is 2.10 bits per heavy atom. The van der Waals surface area contributed by atoms with E-state index in [1.165, 1.54) is 7.11 Å². The quantitative estimate of drug-likeness (QED) is 0.839. The smallest absolute Gasteiger partial charge is 0.337 e. The lowest BCUT2D eigenvalue weighted by molar-refractivity contribution is -0.119. The van der Waals surface area contributed by atoms with Gasteiger partial charge in [-0.3, -0.25) is 4.79 Å². The van der Waals surface area contributed by atoms with E-state index >= 15 is 0 Å². The number of hydrogen-bond donors (Lipinski definition) is 2. The van der Waals surface area contributed by atoms with Gasteiger partial charge in [-0.05, 0) is 29.7 Å². The van der Waals surface area contributed by atoms with E-state index in [0.29, 0.717) is 11.3 Å². The molecule has 0 unspecified atom stereocenters. The van der Waals surface area contributed by atoms with Gasteiger partial charge in [0, 0.05) is 5.69 Å². The van der Waals surface area contributed by atoms with E-state index in [9.17, 15) is 9.59 Å². The minimum absolute atomic E-state index is 0. The molecule has 1 aromatic carbocycles. The summed E-state index contributed by atoms with van der Waals surface area (Å²) < 4.78 is 4.59. The van der Waals surface area contributed by atoms with Gasteiger partial charge in [-0.15, -0.1) is 12.4 Å². The van der Waals surface area contributed by atoms with Crippen molar-refractivity contribution in [2.75, 3.05) is 12.4 Å². The van der Waals surface area contributed by atoms with E-state index in [1.807, 2.05) is 20.8 Å². The molecule has 1 aromatic rings. The number of halogens is 1. The zero-order valence-electron chi connectivity index (χ0n) is 12.1. The van der Waals surface area contributed by atoms with Crippen LogP contribution < -0.4 is 11.1 Å². The molecule has 112 valence electrons. The Morgan fingerprint density at radius 2 is 1.70 bits per heavy atom. The second kappa shape index (κ2) is 7.26. The summed E-state index contributed by atoms with van der Waals surface area (Å²) >= 11 is 0. The average Bonchev–Trinajstić information content (AvgIpc) is 2.36. The first-order chi connectivity index (χ1) is 8.75. The van der Waals surface area contributed by atoms with Crippen LogP contribution in [0.2, 0.25) is 0 Å². The molecule has 6 heteroatoms. The standard InChI is InChI=1S/C14H20N2O3.ClH/c1-14(2,3)11(15)12(17)16-10-7-5-9(6-8-10)13(18)19-4;/h5-8,11H,15H2,1-4H3,(H,16,17);1H/t11-;/m1./s1. The summed E-state index contributed by atoms with van der Waals surface area (Å²) in [7, 11) is 1.32. The van der Waals surface area contributed by atoms with Crippen molar-refractivity contribution in [3.8, 4) is 0 Å². The molecule has 0 aliphatic carbocycles. The van der Waals surface area contributed by atoms with Gasteiger partial charge in [0.2, 0.25) is 5.91 Å². The molecule has 1 amide bonds. The highest BCUT2D eigenvalue weighted by molar-refractivity contribution is 5.96. The Balaban J connectivity index is 0.00000361. The molecule has 0 heterocycles. The molecule has 1 rings (SSSR count). The van der Waals surface area contributed by atoms with Gasteiger partial charge < -0.3 is 15.8 Å². The van der Waals surface area contributed by atoms with Gasteiger partial charge in [0.25, 0.3) is 0 Å². The highest BCUT2D eigenvalue weighted by Gasteiger charge is 2.27. The largest absolute Gasteiger partial charge is 0.465 e. The Morgan fingerprint density at radius 1 is 1.20 bits per heavy atom. The monoisotopic (exact) mass is 300 g/mol. The van der Waals surface area contributed by atoms with Gasteiger partial charge in [-0.2, -0.15) is 0 Å². The van der Waals surface area contributed by atoms with Crippen molar-refractivity contribution < 1.29 is 14.3 Å². The van der Waals surface area contributed by atoms with Crippen molar-refractivity contribution >= 4 is 30.0 Å². The topological polar surface area (TPSA) is 81.4 Å². The number of carbonyl (C=O) groups excluding carboxylic acids is 2. The predicted octanol–water partition coefficient (Wildman–Crippen LogP) is 2.21. The summed E-state index contributed by atoms with van der Waals surface area (Å²) in [6.45, 7) is 5.70. The summed E-state index contributed by atoms with van der Waals surface area (Å²) in [4.78, 5) is 23.2. The molecule has 0 bridgehead atoms. The van der Waals surface area contributed by atoms with E-state index in [-0.39, 0.29) is 23.7 Å². The lowest BCUT2D eigenvalue weighted by Gasteiger charge is -2.25. The first-order valence-electron chi connectivity index (χ1n) is 6.00. The summed E-state index contributed by atoms with van der Waals surface area (Å²) in [5.41, 5.74) is 6.57. The first kappa shape index (κ1) is 18.4. The highest BCUT2D eigenvalue weighted by atomic mass is 35.5. The number of ether oxygens (including phenoxy) is 1. The lowest BCUT2D eigenvalue weighted by Crippen LogP contribution is -2.45. The van der Waals surface area contributed by atoms with Crippen LogP contribution in [0.15, 0.2) is 24.3 Å². The Bertz CT molecular complexity index is 466.